The molecular weight excluding hydrogens is 202 g/mol. The number of hydrogen-bond acceptors (Lipinski definition) is 2. The van der Waals surface area contributed by atoms with Gasteiger partial charge in [-0.15, -0.1) is 0 Å². The molecule has 2 rings (SSSR count). The maximum Gasteiger partial charge on any atom is 0.0282 e. The van der Waals surface area contributed by atoms with Crippen molar-refractivity contribution in [3.05, 3.63) is 0 Å². The Morgan fingerprint density at radius 3 is 2.47 bits per heavy atom. The summed E-state index contributed by atoms with van der Waals surface area (Å²) in [5.41, 5.74) is 0. The summed E-state index contributed by atoms with van der Waals surface area (Å²) in [5, 5.41) is 3.81. The summed E-state index contributed by atoms with van der Waals surface area (Å²) in [7, 11) is 0. The Hall–Kier alpha value is 0.310. The van der Waals surface area contributed by atoms with E-state index in [1.165, 1.54) is 38.6 Å². The zero-order chi connectivity index (χ0) is 10.9. The van der Waals surface area contributed by atoms with Crippen LogP contribution in [0.1, 0.15) is 46.0 Å². The van der Waals surface area contributed by atoms with Crippen LogP contribution >= 0.6 is 11.8 Å². The highest BCUT2D eigenvalue weighted by atomic mass is 32.2. The Bertz CT molecular complexity index is 213. The van der Waals surface area contributed by atoms with Crippen LogP contribution in [0.3, 0.4) is 0 Å². The number of nitrogens with one attached hydrogen (secondary N) is 1. The second-order valence-electron chi connectivity index (χ2n) is 5.73. The van der Waals surface area contributed by atoms with Crippen molar-refractivity contribution in [2.45, 2.75) is 56.7 Å². The van der Waals surface area contributed by atoms with E-state index < -0.39 is 0 Å². The molecule has 0 amide bonds. The van der Waals surface area contributed by atoms with Crippen molar-refractivity contribution < 1.29 is 0 Å². The smallest absolute Gasteiger partial charge is 0.0282 e. The molecule has 0 saturated heterocycles. The molecule has 0 spiro atoms. The van der Waals surface area contributed by atoms with Crippen LogP contribution in [-0.4, -0.2) is 23.6 Å². The van der Waals surface area contributed by atoms with Gasteiger partial charge in [-0.2, -0.15) is 11.8 Å². The minimum Gasteiger partial charge on any atom is -0.313 e. The Labute approximate surface area is 98.8 Å². The third kappa shape index (κ3) is 2.91. The van der Waals surface area contributed by atoms with Gasteiger partial charge >= 0.3 is 0 Å². The molecule has 3 atom stereocenters. The van der Waals surface area contributed by atoms with Gasteiger partial charge in [0.1, 0.15) is 0 Å². The Morgan fingerprint density at radius 2 is 1.93 bits per heavy atom. The van der Waals surface area contributed by atoms with Crippen LogP contribution in [0.4, 0.5) is 0 Å². The van der Waals surface area contributed by atoms with Crippen LogP contribution in [0.2, 0.25) is 0 Å². The van der Waals surface area contributed by atoms with Crippen molar-refractivity contribution in [3.8, 4) is 0 Å². The largest absolute Gasteiger partial charge is 0.313 e. The topological polar surface area (TPSA) is 12.0 Å². The maximum absolute atomic E-state index is 3.81. The molecule has 15 heavy (non-hydrogen) atoms. The molecule has 88 valence electrons. The summed E-state index contributed by atoms with van der Waals surface area (Å²) in [4.78, 5) is 0. The quantitative estimate of drug-likeness (QED) is 0.791. The summed E-state index contributed by atoms with van der Waals surface area (Å²) in [6, 6.07) is 0.806. The van der Waals surface area contributed by atoms with E-state index in [1.54, 1.807) is 0 Å². The highest BCUT2D eigenvalue weighted by Crippen LogP contribution is 2.46. The summed E-state index contributed by atoms with van der Waals surface area (Å²) in [6.07, 6.45) is 9.34. The van der Waals surface area contributed by atoms with E-state index in [0.29, 0.717) is 4.75 Å². The number of hydrogen-bond donors (Lipinski definition) is 1. The van der Waals surface area contributed by atoms with Crippen LogP contribution in [0, 0.1) is 11.8 Å². The second kappa shape index (κ2) is 4.67. The van der Waals surface area contributed by atoms with E-state index in [4.69, 9.17) is 0 Å². The average Bonchev–Trinajstić information content (AvgIpc) is 3.01. The number of rotatable bonds is 4. The molecule has 0 aromatic rings. The highest BCUT2D eigenvalue weighted by Gasteiger charge is 2.42. The van der Waals surface area contributed by atoms with E-state index in [2.05, 4.69) is 37.2 Å². The Morgan fingerprint density at radius 1 is 1.20 bits per heavy atom. The van der Waals surface area contributed by atoms with Crippen molar-refractivity contribution in [3.63, 3.8) is 0 Å². The lowest BCUT2D eigenvalue weighted by Crippen LogP contribution is -2.40. The van der Waals surface area contributed by atoms with Gasteiger partial charge in [-0.3, -0.25) is 0 Å². The molecule has 2 heteroatoms. The van der Waals surface area contributed by atoms with Crippen molar-refractivity contribution in [2.24, 2.45) is 11.8 Å². The first-order chi connectivity index (χ1) is 7.15. The third-order valence-electron chi connectivity index (χ3n) is 4.55. The van der Waals surface area contributed by atoms with Crippen LogP contribution in [0.15, 0.2) is 0 Å². The molecule has 2 saturated carbocycles. The zero-order valence-electron chi connectivity index (χ0n) is 10.4. The van der Waals surface area contributed by atoms with E-state index in [9.17, 15) is 0 Å². The zero-order valence-corrected chi connectivity index (χ0v) is 11.2. The van der Waals surface area contributed by atoms with Crippen LogP contribution < -0.4 is 5.32 Å². The predicted octanol–water partition coefficient (Wildman–Crippen LogP) is 3.30. The molecule has 0 heterocycles. The molecule has 0 aromatic carbocycles. The van der Waals surface area contributed by atoms with Crippen molar-refractivity contribution in [1.82, 2.24) is 5.32 Å². The first kappa shape index (κ1) is 11.8. The van der Waals surface area contributed by atoms with E-state index >= 15 is 0 Å². The Kier molecular flexibility index (Phi) is 3.67. The fraction of sp³-hybridized carbons (Fsp3) is 1.00. The number of thioether (sulfide) groups is 1. The molecule has 3 unspecified atom stereocenters. The van der Waals surface area contributed by atoms with Crippen molar-refractivity contribution in [2.75, 3.05) is 12.8 Å². The fourth-order valence-corrected chi connectivity index (χ4v) is 3.39. The molecular formula is C13H25NS. The van der Waals surface area contributed by atoms with Crippen molar-refractivity contribution in [1.29, 1.82) is 0 Å². The maximum atomic E-state index is 3.81. The van der Waals surface area contributed by atoms with Gasteiger partial charge in [0.05, 0.1) is 0 Å². The summed E-state index contributed by atoms with van der Waals surface area (Å²) in [6.45, 7) is 6.07. The minimum absolute atomic E-state index is 0.631. The first-order valence-electron chi connectivity index (χ1n) is 6.44. The highest BCUT2D eigenvalue weighted by molar-refractivity contribution is 8.00. The van der Waals surface area contributed by atoms with Gasteiger partial charge in [-0.25, -0.2) is 0 Å². The van der Waals surface area contributed by atoms with Gasteiger partial charge in [-0.05, 0) is 50.2 Å². The normalized spacial score (nSPS) is 39.0. The lowest BCUT2D eigenvalue weighted by atomic mass is 9.79. The monoisotopic (exact) mass is 227 g/mol. The molecule has 0 aromatic heterocycles. The van der Waals surface area contributed by atoms with Crippen molar-refractivity contribution >= 4 is 11.8 Å². The van der Waals surface area contributed by atoms with Crippen LogP contribution in [0.25, 0.3) is 0 Å². The second-order valence-corrected chi connectivity index (χ2v) is 7.01. The molecule has 0 aliphatic heterocycles. The van der Waals surface area contributed by atoms with Crippen LogP contribution in [-0.2, 0) is 0 Å². The van der Waals surface area contributed by atoms with E-state index in [1.807, 2.05) is 0 Å². The average molecular weight is 227 g/mol. The van der Waals surface area contributed by atoms with Gasteiger partial charge in [-0.1, -0.05) is 13.8 Å². The predicted molar refractivity (Wildman–Crippen MR) is 69.4 cm³/mol. The lowest BCUT2D eigenvalue weighted by Gasteiger charge is -2.33. The van der Waals surface area contributed by atoms with Gasteiger partial charge in [0.2, 0.25) is 0 Å². The summed E-state index contributed by atoms with van der Waals surface area (Å²) in [5.74, 6) is 1.86. The molecule has 1 nitrogen and oxygen atoms in total. The third-order valence-corrected chi connectivity index (χ3v) is 5.97. The molecule has 2 aliphatic rings. The van der Waals surface area contributed by atoms with Crippen LogP contribution in [0.5, 0.6) is 0 Å². The molecule has 0 radical (unpaired) electrons. The molecule has 1 N–H and O–H groups in total. The molecule has 2 fully saturated rings. The fourth-order valence-electron chi connectivity index (χ4n) is 2.66. The lowest BCUT2D eigenvalue weighted by molar-refractivity contribution is 0.226. The SMILES string of the molecule is CSC1(CNC2CCC(C)C(C)C2)CC1. The molecule has 2 aliphatic carbocycles. The van der Waals surface area contributed by atoms with E-state index in [0.717, 1.165) is 17.9 Å². The van der Waals surface area contributed by atoms with Gasteiger partial charge in [0, 0.05) is 17.3 Å². The summed E-state index contributed by atoms with van der Waals surface area (Å²) < 4.78 is 0.631. The van der Waals surface area contributed by atoms with Gasteiger partial charge in [0.25, 0.3) is 0 Å². The minimum atomic E-state index is 0.631. The Balaban J connectivity index is 1.71. The summed E-state index contributed by atoms with van der Waals surface area (Å²) >= 11 is 2.07. The standard InChI is InChI=1S/C13H25NS/c1-10-4-5-12(8-11(10)2)14-9-13(15-3)6-7-13/h10-12,14H,4-9H2,1-3H3. The molecule has 0 bridgehead atoms. The van der Waals surface area contributed by atoms with Gasteiger partial charge < -0.3 is 5.32 Å². The first-order valence-corrected chi connectivity index (χ1v) is 7.66. The van der Waals surface area contributed by atoms with E-state index in [-0.39, 0.29) is 0 Å². The van der Waals surface area contributed by atoms with Gasteiger partial charge in [0.15, 0.2) is 0 Å².